The van der Waals surface area contributed by atoms with Gasteiger partial charge >= 0.3 is 0 Å². The zero-order chi connectivity index (χ0) is 10.8. The fraction of sp³-hybridized carbons (Fsp3) is 0.917. The van der Waals surface area contributed by atoms with E-state index in [1.807, 2.05) is 0 Å². The summed E-state index contributed by atoms with van der Waals surface area (Å²) in [5.74, 6) is 2.14. The summed E-state index contributed by atoms with van der Waals surface area (Å²) in [6.45, 7) is 0. The van der Waals surface area contributed by atoms with Crippen molar-refractivity contribution in [2.75, 3.05) is 14.2 Å². The van der Waals surface area contributed by atoms with Gasteiger partial charge in [0, 0.05) is 20.1 Å². The van der Waals surface area contributed by atoms with E-state index in [-0.39, 0.29) is 6.29 Å². The predicted octanol–water partition coefficient (Wildman–Crippen LogP) is 2.00. The van der Waals surface area contributed by atoms with E-state index in [1.165, 1.54) is 19.3 Å². The van der Waals surface area contributed by atoms with Crippen LogP contribution in [0, 0.1) is 17.8 Å². The summed E-state index contributed by atoms with van der Waals surface area (Å²) >= 11 is 0. The molecule has 2 fully saturated rings. The van der Waals surface area contributed by atoms with Crippen molar-refractivity contribution in [1.29, 1.82) is 0 Å². The molecule has 0 aromatic rings. The van der Waals surface area contributed by atoms with Gasteiger partial charge in [-0.05, 0) is 31.1 Å². The van der Waals surface area contributed by atoms with Crippen molar-refractivity contribution in [2.24, 2.45) is 17.8 Å². The van der Waals surface area contributed by atoms with Crippen LogP contribution in [0.1, 0.15) is 32.1 Å². The summed E-state index contributed by atoms with van der Waals surface area (Å²) in [4.78, 5) is 12.0. The van der Waals surface area contributed by atoms with Gasteiger partial charge in [-0.1, -0.05) is 6.42 Å². The minimum atomic E-state index is -0.350. The number of carbonyl (C=O) groups is 1. The third-order valence-corrected chi connectivity index (χ3v) is 4.05. The molecule has 0 heterocycles. The van der Waals surface area contributed by atoms with Gasteiger partial charge in [-0.2, -0.15) is 0 Å². The molecule has 2 bridgehead atoms. The van der Waals surface area contributed by atoms with Crippen LogP contribution < -0.4 is 0 Å². The smallest absolute Gasteiger partial charge is 0.163 e. The van der Waals surface area contributed by atoms with Crippen molar-refractivity contribution < 1.29 is 14.3 Å². The van der Waals surface area contributed by atoms with Gasteiger partial charge < -0.3 is 9.47 Å². The molecule has 2 saturated carbocycles. The normalized spacial score (nSPS) is 33.9. The van der Waals surface area contributed by atoms with Crippen LogP contribution in [0.25, 0.3) is 0 Å². The third kappa shape index (κ3) is 2.23. The monoisotopic (exact) mass is 212 g/mol. The first-order valence-corrected chi connectivity index (χ1v) is 5.83. The molecule has 2 aliphatic rings. The van der Waals surface area contributed by atoms with Gasteiger partial charge in [-0.3, -0.25) is 4.79 Å². The Labute approximate surface area is 91.1 Å². The Hall–Kier alpha value is -0.410. The van der Waals surface area contributed by atoms with Gasteiger partial charge in [0.25, 0.3) is 0 Å². The highest BCUT2D eigenvalue weighted by molar-refractivity contribution is 5.82. The lowest BCUT2D eigenvalue weighted by atomic mass is 9.84. The average molecular weight is 212 g/mol. The molecule has 0 N–H and O–H groups in total. The molecule has 0 radical (unpaired) electrons. The number of ketones is 1. The highest BCUT2D eigenvalue weighted by Crippen LogP contribution is 2.48. The molecular weight excluding hydrogens is 192 g/mol. The van der Waals surface area contributed by atoms with Gasteiger partial charge in [0.15, 0.2) is 6.29 Å². The van der Waals surface area contributed by atoms with Gasteiger partial charge in [0.05, 0.1) is 6.42 Å². The van der Waals surface area contributed by atoms with Crippen molar-refractivity contribution >= 4 is 5.78 Å². The molecule has 3 unspecified atom stereocenters. The van der Waals surface area contributed by atoms with E-state index >= 15 is 0 Å². The number of ether oxygens (including phenoxy) is 2. The maximum Gasteiger partial charge on any atom is 0.163 e. The van der Waals surface area contributed by atoms with E-state index in [4.69, 9.17) is 9.47 Å². The topological polar surface area (TPSA) is 35.5 Å². The maximum absolute atomic E-state index is 12.0. The van der Waals surface area contributed by atoms with Crippen molar-refractivity contribution in [3.8, 4) is 0 Å². The minimum Gasteiger partial charge on any atom is -0.355 e. The Bertz CT molecular complexity index is 235. The second-order valence-electron chi connectivity index (χ2n) is 4.85. The summed E-state index contributed by atoms with van der Waals surface area (Å²) in [6, 6.07) is 0. The number of fused-ring (bicyclic) bond motifs is 2. The first kappa shape index (κ1) is 11.1. The van der Waals surface area contributed by atoms with Gasteiger partial charge in [-0.15, -0.1) is 0 Å². The molecule has 0 saturated heterocycles. The molecule has 3 heteroatoms. The lowest BCUT2D eigenvalue weighted by Crippen LogP contribution is -2.26. The lowest BCUT2D eigenvalue weighted by Gasteiger charge is -2.22. The molecule has 2 rings (SSSR count). The summed E-state index contributed by atoms with van der Waals surface area (Å²) in [6.07, 6.45) is 5.06. The number of hydrogen-bond donors (Lipinski definition) is 0. The van der Waals surface area contributed by atoms with Gasteiger partial charge in [0.2, 0.25) is 0 Å². The third-order valence-electron chi connectivity index (χ3n) is 4.05. The summed E-state index contributed by atoms with van der Waals surface area (Å²) in [7, 11) is 3.17. The van der Waals surface area contributed by atoms with E-state index in [2.05, 4.69) is 0 Å². The van der Waals surface area contributed by atoms with Crippen LogP contribution in [0.15, 0.2) is 0 Å². The van der Waals surface area contributed by atoms with Gasteiger partial charge in [-0.25, -0.2) is 0 Å². The van der Waals surface area contributed by atoms with Crippen LogP contribution >= 0.6 is 0 Å². The molecule has 0 aromatic carbocycles. The van der Waals surface area contributed by atoms with E-state index < -0.39 is 0 Å². The molecule has 0 spiro atoms. The Balaban J connectivity index is 1.86. The van der Waals surface area contributed by atoms with E-state index in [0.717, 1.165) is 12.3 Å². The molecule has 0 aliphatic heterocycles. The average Bonchev–Trinajstić information content (AvgIpc) is 2.87. The maximum atomic E-state index is 12.0. The quantitative estimate of drug-likeness (QED) is 0.654. The highest BCUT2D eigenvalue weighted by atomic mass is 16.7. The van der Waals surface area contributed by atoms with Crippen LogP contribution in [0.3, 0.4) is 0 Å². The Morgan fingerprint density at radius 3 is 2.47 bits per heavy atom. The summed E-state index contributed by atoms with van der Waals surface area (Å²) < 4.78 is 10.1. The van der Waals surface area contributed by atoms with Crippen LogP contribution in [0.2, 0.25) is 0 Å². The van der Waals surface area contributed by atoms with Crippen LogP contribution in [0.5, 0.6) is 0 Å². The number of hydrogen-bond acceptors (Lipinski definition) is 3. The number of carbonyl (C=O) groups excluding carboxylic acids is 1. The van der Waals surface area contributed by atoms with E-state index in [0.29, 0.717) is 24.0 Å². The Kier molecular flexibility index (Phi) is 3.42. The molecule has 15 heavy (non-hydrogen) atoms. The van der Waals surface area contributed by atoms with E-state index in [1.54, 1.807) is 14.2 Å². The molecule has 0 amide bonds. The second-order valence-corrected chi connectivity index (χ2v) is 4.85. The fourth-order valence-electron chi connectivity index (χ4n) is 3.22. The molecule has 86 valence electrons. The zero-order valence-electron chi connectivity index (χ0n) is 9.57. The van der Waals surface area contributed by atoms with Crippen molar-refractivity contribution in [1.82, 2.24) is 0 Å². The molecule has 0 aromatic heterocycles. The molecule has 3 nitrogen and oxygen atoms in total. The van der Waals surface area contributed by atoms with Crippen molar-refractivity contribution in [2.45, 2.75) is 38.4 Å². The minimum absolute atomic E-state index is 0.302. The Morgan fingerprint density at radius 1 is 1.27 bits per heavy atom. The molecule has 2 aliphatic carbocycles. The number of methoxy groups -OCH3 is 2. The first-order chi connectivity index (χ1) is 7.24. The summed E-state index contributed by atoms with van der Waals surface area (Å²) in [5, 5.41) is 0. The predicted molar refractivity (Wildman–Crippen MR) is 56.4 cm³/mol. The standard InChI is InChI=1S/C12H20O3/c1-14-12(15-2)7-11(13)10-6-8-3-4-9(10)5-8/h8-10,12H,3-7H2,1-2H3. The SMILES string of the molecule is COC(CC(=O)C1CC2CCC1C2)OC. The lowest BCUT2D eigenvalue weighted by molar-refractivity contribution is -0.142. The second kappa shape index (κ2) is 4.62. The first-order valence-electron chi connectivity index (χ1n) is 5.83. The molecular formula is C12H20O3. The number of rotatable bonds is 5. The van der Waals surface area contributed by atoms with Crippen molar-refractivity contribution in [3.63, 3.8) is 0 Å². The largest absolute Gasteiger partial charge is 0.355 e. The van der Waals surface area contributed by atoms with Crippen LogP contribution in [-0.4, -0.2) is 26.3 Å². The number of Topliss-reactive ketones (excluding diaryl/α,β-unsaturated/α-hetero) is 1. The molecule has 3 atom stereocenters. The Morgan fingerprint density at radius 2 is 2.00 bits per heavy atom. The van der Waals surface area contributed by atoms with Crippen molar-refractivity contribution in [3.05, 3.63) is 0 Å². The summed E-state index contributed by atoms with van der Waals surface area (Å²) in [5.41, 5.74) is 0. The van der Waals surface area contributed by atoms with E-state index in [9.17, 15) is 4.79 Å². The van der Waals surface area contributed by atoms with Crippen LogP contribution in [-0.2, 0) is 14.3 Å². The fourth-order valence-corrected chi connectivity index (χ4v) is 3.22. The highest BCUT2D eigenvalue weighted by Gasteiger charge is 2.43. The zero-order valence-corrected chi connectivity index (χ0v) is 9.57. The van der Waals surface area contributed by atoms with Crippen LogP contribution in [0.4, 0.5) is 0 Å². The van der Waals surface area contributed by atoms with Gasteiger partial charge in [0.1, 0.15) is 5.78 Å².